The second kappa shape index (κ2) is 8.44. The number of hydrogen-bond acceptors (Lipinski definition) is 4. The van der Waals surface area contributed by atoms with Gasteiger partial charge in [0.05, 0.1) is 11.3 Å². The number of carbonyl (C=O) groups is 2. The van der Waals surface area contributed by atoms with E-state index < -0.39 is 5.97 Å². The topological polar surface area (TPSA) is 85.8 Å². The molecule has 1 aromatic carbocycles. The number of amides is 2. The van der Waals surface area contributed by atoms with E-state index in [1.165, 1.54) is 6.07 Å². The predicted molar refractivity (Wildman–Crippen MR) is 96.7 cm³/mol. The van der Waals surface area contributed by atoms with Crippen molar-refractivity contribution in [3.8, 4) is 0 Å². The van der Waals surface area contributed by atoms with Crippen LogP contribution < -0.4 is 5.32 Å². The van der Waals surface area contributed by atoms with E-state index in [-0.39, 0.29) is 11.6 Å². The van der Waals surface area contributed by atoms with E-state index in [1.807, 2.05) is 18.2 Å². The summed E-state index contributed by atoms with van der Waals surface area (Å²) in [4.78, 5) is 31.7. The van der Waals surface area contributed by atoms with Gasteiger partial charge in [0.2, 0.25) is 0 Å². The zero-order chi connectivity index (χ0) is 18.4. The average molecular weight is 354 g/mol. The molecule has 1 fully saturated rings. The maximum absolute atomic E-state index is 12.3. The highest BCUT2D eigenvalue weighted by atomic mass is 16.4. The van der Waals surface area contributed by atoms with Gasteiger partial charge in [-0.25, -0.2) is 9.59 Å². The molecular weight excluding hydrogens is 332 g/mol. The first-order valence-electron chi connectivity index (χ1n) is 8.59. The molecule has 2 heterocycles. The fourth-order valence-electron chi connectivity index (χ4n) is 2.93. The van der Waals surface area contributed by atoms with Crippen LogP contribution in [0.4, 0.5) is 4.79 Å². The normalized spacial score (nSPS) is 14.8. The van der Waals surface area contributed by atoms with Crippen LogP contribution in [-0.2, 0) is 13.1 Å². The lowest BCUT2D eigenvalue weighted by atomic mass is 10.1. The van der Waals surface area contributed by atoms with Gasteiger partial charge in [0, 0.05) is 45.5 Å². The Kier molecular flexibility index (Phi) is 5.80. The van der Waals surface area contributed by atoms with Gasteiger partial charge < -0.3 is 15.3 Å². The van der Waals surface area contributed by atoms with E-state index in [2.05, 4.69) is 15.2 Å². The molecule has 1 aliphatic heterocycles. The molecular formula is C19H22N4O3. The zero-order valence-corrected chi connectivity index (χ0v) is 14.5. The number of carboxylic acids is 1. The highest BCUT2D eigenvalue weighted by molar-refractivity contribution is 5.87. The van der Waals surface area contributed by atoms with Crippen molar-refractivity contribution in [2.75, 3.05) is 26.2 Å². The fraction of sp³-hybridized carbons (Fsp3) is 0.316. The number of benzene rings is 1. The number of carbonyl (C=O) groups excluding carboxylic acids is 1. The molecule has 136 valence electrons. The van der Waals surface area contributed by atoms with Crippen LogP contribution in [0.5, 0.6) is 0 Å². The van der Waals surface area contributed by atoms with Crippen LogP contribution in [0.3, 0.4) is 0 Å². The quantitative estimate of drug-likeness (QED) is 0.855. The molecule has 3 rings (SSSR count). The van der Waals surface area contributed by atoms with Crippen molar-refractivity contribution in [1.82, 2.24) is 20.1 Å². The minimum absolute atomic E-state index is 0.122. The van der Waals surface area contributed by atoms with E-state index in [9.17, 15) is 9.59 Å². The summed E-state index contributed by atoms with van der Waals surface area (Å²) < 4.78 is 0. The number of urea groups is 1. The third-order valence-corrected chi connectivity index (χ3v) is 4.39. The summed E-state index contributed by atoms with van der Waals surface area (Å²) >= 11 is 0. The van der Waals surface area contributed by atoms with Gasteiger partial charge in [-0.3, -0.25) is 9.88 Å². The Labute approximate surface area is 152 Å². The Balaban J connectivity index is 1.45. The van der Waals surface area contributed by atoms with Gasteiger partial charge in [0.25, 0.3) is 0 Å². The van der Waals surface area contributed by atoms with Crippen molar-refractivity contribution in [2.24, 2.45) is 0 Å². The van der Waals surface area contributed by atoms with Crippen molar-refractivity contribution >= 4 is 12.0 Å². The van der Waals surface area contributed by atoms with Crippen molar-refractivity contribution in [2.45, 2.75) is 13.1 Å². The first-order chi connectivity index (χ1) is 12.6. The third kappa shape index (κ3) is 4.80. The number of nitrogens with one attached hydrogen (secondary N) is 1. The highest BCUT2D eigenvalue weighted by Gasteiger charge is 2.21. The SMILES string of the molecule is O=C(O)c1cccc(CNC(=O)N2CCN(Cc3ccccn3)CC2)c1. The monoisotopic (exact) mass is 354 g/mol. The van der Waals surface area contributed by atoms with E-state index >= 15 is 0 Å². The van der Waals surface area contributed by atoms with E-state index in [4.69, 9.17) is 5.11 Å². The highest BCUT2D eigenvalue weighted by Crippen LogP contribution is 2.08. The van der Waals surface area contributed by atoms with Gasteiger partial charge in [-0.05, 0) is 29.8 Å². The molecule has 2 N–H and O–H groups in total. The van der Waals surface area contributed by atoms with Gasteiger partial charge in [-0.2, -0.15) is 0 Å². The first kappa shape index (κ1) is 17.9. The molecule has 0 atom stereocenters. The summed E-state index contributed by atoms with van der Waals surface area (Å²) in [5.41, 5.74) is 2.02. The molecule has 0 aliphatic carbocycles. The summed E-state index contributed by atoms with van der Waals surface area (Å²) in [6.07, 6.45) is 1.79. The lowest BCUT2D eigenvalue weighted by molar-refractivity contribution is 0.0696. The second-order valence-corrected chi connectivity index (χ2v) is 6.25. The van der Waals surface area contributed by atoms with Crippen molar-refractivity contribution in [3.63, 3.8) is 0 Å². The fourth-order valence-corrected chi connectivity index (χ4v) is 2.93. The van der Waals surface area contributed by atoms with E-state index in [0.717, 1.165) is 30.9 Å². The molecule has 1 aromatic heterocycles. The van der Waals surface area contributed by atoms with Crippen molar-refractivity contribution < 1.29 is 14.7 Å². The molecule has 26 heavy (non-hydrogen) atoms. The number of piperazine rings is 1. The molecule has 7 heteroatoms. The molecule has 0 unspecified atom stereocenters. The summed E-state index contributed by atoms with van der Waals surface area (Å²) in [6, 6.07) is 12.4. The number of carboxylic acid groups (broad SMARTS) is 1. The molecule has 7 nitrogen and oxygen atoms in total. The van der Waals surface area contributed by atoms with Gasteiger partial charge in [0.1, 0.15) is 0 Å². The van der Waals surface area contributed by atoms with Crippen LogP contribution in [-0.4, -0.2) is 58.1 Å². The van der Waals surface area contributed by atoms with Gasteiger partial charge in [0.15, 0.2) is 0 Å². The Morgan fingerprint density at radius 1 is 1.08 bits per heavy atom. The standard InChI is InChI=1S/C19H22N4O3/c24-18(25)16-5-3-4-15(12-16)13-21-19(26)23-10-8-22(9-11-23)14-17-6-1-2-7-20-17/h1-7,12H,8-11,13-14H2,(H,21,26)(H,24,25). The minimum atomic E-state index is -0.970. The molecule has 0 radical (unpaired) electrons. The lowest BCUT2D eigenvalue weighted by Crippen LogP contribution is -2.51. The second-order valence-electron chi connectivity index (χ2n) is 6.25. The predicted octanol–water partition coefficient (Wildman–Crippen LogP) is 1.81. The zero-order valence-electron chi connectivity index (χ0n) is 14.5. The summed E-state index contributed by atoms with van der Waals surface area (Å²) in [6.45, 7) is 4.03. The maximum Gasteiger partial charge on any atom is 0.335 e. The van der Waals surface area contributed by atoms with E-state index in [0.29, 0.717) is 19.6 Å². The van der Waals surface area contributed by atoms with E-state index in [1.54, 1.807) is 29.3 Å². The molecule has 2 aromatic rings. The number of rotatable bonds is 5. The number of pyridine rings is 1. The Hall–Kier alpha value is -2.93. The summed E-state index contributed by atoms with van der Waals surface area (Å²) in [5, 5.41) is 11.9. The average Bonchev–Trinajstić information content (AvgIpc) is 2.68. The summed E-state index contributed by atoms with van der Waals surface area (Å²) in [5.74, 6) is -0.970. The lowest BCUT2D eigenvalue weighted by Gasteiger charge is -2.34. The number of hydrogen-bond donors (Lipinski definition) is 2. The first-order valence-corrected chi connectivity index (χ1v) is 8.59. The van der Waals surface area contributed by atoms with Crippen LogP contribution in [0.1, 0.15) is 21.6 Å². The van der Waals surface area contributed by atoms with Gasteiger partial charge in [-0.15, -0.1) is 0 Å². The Bertz CT molecular complexity index is 758. The number of aromatic carboxylic acids is 1. The van der Waals surface area contributed by atoms with Gasteiger partial charge in [-0.1, -0.05) is 18.2 Å². The largest absolute Gasteiger partial charge is 0.478 e. The number of nitrogens with zero attached hydrogens (tertiary/aromatic N) is 3. The van der Waals surface area contributed by atoms with Crippen molar-refractivity contribution in [1.29, 1.82) is 0 Å². The Morgan fingerprint density at radius 3 is 2.58 bits per heavy atom. The maximum atomic E-state index is 12.3. The molecule has 0 spiro atoms. The Morgan fingerprint density at radius 2 is 1.88 bits per heavy atom. The van der Waals surface area contributed by atoms with Crippen LogP contribution in [0.2, 0.25) is 0 Å². The van der Waals surface area contributed by atoms with Crippen LogP contribution in [0.25, 0.3) is 0 Å². The minimum Gasteiger partial charge on any atom is -0.478 e. The smallest absolute Gasteiger partial charge is 0.335 e. The molecule has 1 saturated heterocycles. The van der Waals surface area contributed by atoms with Crippen LogP contribution >= 0.6 is 0 Å². The third-order valence-electron chi connectivity index (χ3n) is 4.39. The molecule has 0 bridgehead atoms. The van der Waals surface area contributed by atoms with Crippen LogP contribution in [0, 0.1) is 0 Å². The molecule has 1 aliphatic rings. The van der Waals surface area contributed by atoms with Crippen molar-refractivity contribution in [3.05, 3.63) is 65.5 Å². The molecule has 2 amide bonds. The summed E-state index contributed by atoms with van der Waals surface area (Å²) in [7, 11) is 0. The molecule has 0 saturated carbocycles. The number of aromatic nitrogens is 1. The van der Waals surface area contributed by atoms with Gasteiger partial charge >= 0.3 is 12.0 Å². The van der Waals surface area contributed by atoms with Crippen LogP contribution in [0.15, 0.2) is 48.7 Å².